The first-order chi connectivity index (χ1) is 17.4. The van der Waals surface area contributed by atoms with Crippen molar-refractivity contribution >= 4 is 5.91 Å². The topological polar surface area (TPSA) is 80.1 Å². The summed E-state index contributed by atoms with van der Waals surface area (Å²) in [5, 5.41) is 11.4. The van der Waals surface area contributed by atoms with Crippen molar-refractivity contribution in [3.8, 4) is 11.5 Å². The predicted molar refractivity (Wildman–Crippen MR) is 133 cm³/mol. The highest BCUT2D eigenvalue weighted by Crippen LogP contribution is 2.21. The van der Waals surface area contributed by atoms with E-state index < -0.39 is 5.60 Å². The Labute approximate surface area is 210 Å². The van der Waals surface area contributed by atoms with Crippen LogP contribution in [0.3, 0.4) is 0 Å². The summed E-state index contributed by atoms with van der Waals surface area (Å²) in [7, 11) is 0. The number of benzene rings is 2. The van der Waals surface area contributed by atoms with E-state index in [1.807, 2.05) is 35.0 Å². The molecule has 1 saturated heterocycles. The lowest BCUT2D eigenvalue weighted by Crippen LogP contribution is -2.51. The lowest BCUT2D eigenvalue weighted by Gasteiger charge is -2.32. The molecule has 0 aliphatic carbocycles. The van der Waals surface area contributed by atoms with Gasteiger partial charge in [0.05, 0.1) is 19.5 Å². The number of aliphatic hydroxyl groups is 1. The predicted octanol–water partition coefficient (Wildman–Crippen LogP) is 2.97. The monoisotopic (exact) mass is 496 g/mol. The smallest absolute Gasteiger partial charge is 0.219 e. The first-order valence-electron chi connectivity index (χ1n) is 12.1. The zero-order chi connectivity index (χ0) is 25.4. The van der Waals surface area contributed by atoms with Gasteiger partial charge in [-0.15, -0.1) is 0 Å². The van der Waals surface area contributed by atoms with E-state index in [1.54, 1.807) is 17.4 Å². The summed E-state index contributed by atoms with van der Waals surface area (Å²) in [5.41, 5.74) is -0.224. The van der Waals surface area contributed by atoms with Crippen LogP contribution in [0.25, 0.3) is 0 Å². The van der Waals surface area contributed by atoms with Gasteiger partial charge < -0.3 is 24.0 Å². The van der Waals surface area contributed by atoms with Crippen molar-refractivity contribution in [2.45, 2.75) is 32.0 Å². The number of amides is 1. The summed E-state index contributed by atoms with van der Waals surface area (Å²) >= 11 is 0. The number of nitrogens with zero attached hydrogens (tertiary/aromatic N) is 4. The summed E-state index contributed by atoms with van der Waals surface area (Å²) in [6, 6.07) is 13.6. The minimum Gasteiger partial charge on any atom is -0.494 e. The molecule has 1 aliphatic rings. The number of imidazole rings is 1. The van der Waals surface area contributed by atoms with Crippen LogP contribution in [0.5, 0.6) is 11.5 Å². The van der Waals surface area contributed by atoms with E-state index in [0.717, 1.165) is 24.3 Å². The normalized spacial score (nSPS) is 18.6. The molecule has 192 valence electrons. The maximum absolute atomic E-state index is 13.2. The molecule has 9 heteroatoms. The van der Waals surface area contributed by atoms with E-state index in [2.05, 4.69) is 9.88 Å². The number of carbonyl (C=O) groups excluding carboxylic acids is 1. The summed E-state index contributed by atoms with van der Waals surface area (Å²) < 4.78 is 27.0. The summed E-state index contributed by atoms with van der Waals surface area (Å²) in [4.78, 5) is 20.0. The Morgan fingerprint density at radius 3 is 2.69 bits per heavy atom. The SMILES string of the molecule is CC(=O)N1CCN(Cc2cccc(OCCCn3ccnc3)c2)C[C@@](O)(COc2ccc(F)cc2)C1. The molecule has 0 radical (unpaired) electrons. The van der Waals surface area contributed by atoms with Gasteiger partial charge in [-0.25, -0.2) is 9.37 Å². The van der Waals surface area contributed by atoms with Gasteiger partial charge in [-0.2, -0.15) is 0 Å². The molecule has 0 bridgehead atoms. The molecule has 2 heterocycles. The van der Waals surface area contributed by atoms with Gasteiger partial charge in [0.15, 0.2) is 0 Å². The van der Waals surface area contributed by atoms with Crippen molar-refractivity contribution in [1.29, 1.82) is 0 Å². The van der Waals surface area contributed by atoms with Crippen molar-refractivity contribution in [3.63, 3.8) is 0 Å². The molecule has 1 atom stereocenters. The molecular formula is C27H33FN4O4. The van der Waals surface area contributed by atoms with Crippen LogP contribution in [0.2, 0.25) is 0 Å². The van der Waals surface area contributed by atoms with Crippen molar-refractivity contribution in [1.82, 2.24) is 19.4 Å². The molecular weight excluding hydrogens is 463 g/mol. The third-order valence-electron chi connectivity index (χ3n) is 6.15. The minimum absolute atomic E-state index is 0.0149. The first kappa shape index (κ1) is 25.7. The second-order valence-electron chi connectivity index (χ2n) is 9.27. The van der Waals surface area contributed by atoms with Gasteiger partial charge in [0, 0.05) is 52.0 Å². The van der Waals surface area contributed by atoms with Crippen LogP contribution in [-0.2, 0) is 17.9 Å². The second-order valence-corrected chi connectivity index (χ2v) is 9.27. The lowest BCUT2D eigenvalue weighted by atomic mass is 10.0. The number of hydrogen-bond acceptors (Lipinski definition) is 6. The highest BCUT2D eigenvalue weighted by molar-refractivity contribution is 5.73. The number of β-amino-alcohol motifs (C(OH)–C–C–N with tert-alkyl or cyclic N) is 1. The quantitative estimate of drug-likeness (QED) is 0.435. The van der Waals surface area contributed by atoms with Crippen LogP contribution in [-0.4, -0.2) is 75.4 Å². The number of rotatable bonds is 10. The van der Waals surface area contributed by atoms with Crippen LogP contribution < -0.4 is 9.47 Å². The number of hydrogen-bond donors (Lipinski definition) is 1. The van der Waals surface area contributed by atoms with Gasteiger partial charge in [-0.3, -0.25) is 9.69 Å². The van der Waals surface area contributed by atoms with Crippen LogP contribution >= 0.6 is 0 Å². The van der Waals surface area contributed by atoms with Gasteiger partial charge >= 0.3 is 0 Å². The van der Waals surface area contributed by atoms with Gasteiger partial charge in [-0.1, -0.05) is 12.1 Å². The molecule has 8 nitrogen and oxygen atoms in total. The molecule has 36 heavy (non-hydrogen) atoms. The van der Waals surface area contributed by atoms with Gasteiger partial charge in [0.2, 0.25) is 5.91 Å². The van der Waals surface area contributed by atoms with Gasteiger partial charge in [0.25, 0.3) is 0 Å². The van der Waals surface area contributed by atoms with Crippen LogP contribution in [0.4, 0.5) is 4.39 Å². The lowest BCUT2D eigenvalue weighted by molar-refractivity contribution is -0.132. The van der Waals surface area contributed by atoms with Crippen molar-refractivity contribution in [2.75, 3.05) is 39.4 Å². The average molecular weight is 497 g/mol. The fraction of sp³-hybridized carbons (Fsp3) is 0.407. The highest BCUT2D eigenvalue weighted by Gasteiger charge is 2.36. The second kappa shape index (κ2) is 12.0. The molecule has 1 aromatic heterocycles. The molecule has 0 unspecified atom stereocenters. The largest absolute Gasteiger partial charge is 0.494 e. The maximum atomic E-state index is 13.2. The van der Waals surface area contributed by atoms with E-state index in [9.17, 15) is 14.3 Å². The van der Waals surface area contributed by atoms with Gasteiger partial charge in [-0.05, 0) is 48.4 Å². The van der Waals surface area contributed by atoms with E-state index >= 15 is 0 Å². The first-order valence-corrected chi connectivity index (χ1v) is 12.1. The number of halogens is 1. The Morgan fingerprint density at radius 2 is 1.94 bits per heavy atom. The highest BCUT2D eigenvalue weighted by atomic mass is 19.1. The zero-order valence-electron chi connectivity index (χ0n) is 20.6. The Kier molecular flexibility index (Phi) is 8.56. The Balaban J connectivity index is 1.36. The molecule has 2 aromatic carbocycles. The van der Waals surface area contributed by atoms with Gasteiger partial charge in [0.1, 0.15) is 29.5 Å². The number of aryl methyl sites for hydroxylation is 1. The molecule has 1 N–H and O–H groups in total. The van der Waals surface area contributed by atoms with Crippen LogP contribution in [0, 0.1) is 5.82 Å². The molecule has 0 saturated carbocycles. The standard InChI is InChI=1S/C27H33FN4O4/c1-22(33)32-14-13-31(18-27(34,19-32)20-36-25-8-6-24(28)7-9-25)17-23-4-2-5-26(16-23)35-15-3-11-30-12-10-29-21-30/h2,4-10,12,16,21,34H,3,11,13-15,17-20H2,1H3/t27-/m0/s1. The molecule has 1 aliphatic heterocycles. The number of aromatic nitrogens is 2. The zero-order valence-corrected chi connectivity index (χ0v) is 20.6. The van der Waals surface area contributed by atoms with Crippen molar-refractivity contribution < 1.29 is 23.8 Å². The maximum Gasteiger partial charge on any atom is 0.219 e. The van der Waals surface area contributed by atoms with E-state index in [0.29, 0.717) is 38.5 Å². The van der Waals surface area contributed by atoms with Crippen molar-refractivity contribution in [2.24, 2.45) is 0 Å². The third kappa shape index (κ3) is 7.53. The molecule has 0 spiro atoms. The summed E-state index contributed by atoms with van der Waals surface area (Å²) in [5.74, 6) is 0.818. The number of ether oxygens (including phenoxy) is 2. The molecule has 1 fully saturated rings. The van der Waals surface area contributed by atoms with E-state index in [4.69, 9.17) is 9.47 Å². The van der Waals surface area contributed by atoms with Crippen molar-refractivity contribution in [3.05, 3.63) is 78.6 Å². The third-order valence-corrected chi connectivity index (χ3v) is 6.15. The minimum atomic E-state index is -1.28. The fourth-order valence-electron chi connectivity index (χ4n) is 4.33. The van der Waals surface area contributed by atoms with E-state index in [1.165, 1.54) is 31.2 Å². The fourth-order valence-corrected chi connectivity index (χ4v) is 4.33. The summed E-state index contributed by atoms with van der Waals surface area (Å²) in [6.07, 6.45) is 6.36. The van der Waals surface area contributed by atoms with Crippen LogP contribution in [0.15, 0.2) is 67.3 Å². The Bertz CT molecular complexity index is 1110. The Hall–Kier alpha value is -3.43. The molecule has 1 amide bonds. The molecule has 4 rings (SSSR count). The number of carbonyl (C=O) groups is 1. The van der Waals surface area contributed by atoms with E-state index in [-0.39, 0.29) is 24.9 Å². The average Bonchev–Trinajstić information content (AvgIpc) is 3.32. The summed E-state index contributed by atoms with van der Waals surface area (Å²) in [6.45, 7) is 5.15. The Morgan fingerprint density at radius 1 is 1.11 bits per heavy atom. The van der Waals surface area contributed by atoms with Crippen LogP contribution in [0.1, 0.15) is 18.9 Å². The molecule has 3 aromatic rings.